The van der Waals surface area contributed by atoms with Gasteiger partial charge in [0.25, 0.3) is 5.78 Å². The molecule has 0 radical (unpaired) electrons. The molecule has 0 aliphatic carbocycles. The number of Topliss-reactive ketones (excluding diaryl/α,β-unsaturated/α-hetero) is 1. The molecule has 1 fully saturated rings. The number of carbonyl (C=O) groups is 2. The first-order chi connectivity index (χ1) is 14.1. The molecule has 1 N–H and O–H groups in total. The number of hydrogen-bond acceptors (Lipinski definition) is 6. The number of benzene rings is 1. The number of ether oxygens (including phenoxy) is 1. The Morgan fingerprint density at radius 3 is 2.45 bits per heavy atom. The number of ketones is 1. The van der Waals surface area contributed by atoms with Gasteiger partial charge in [0.05, 0.1) is 18.7 Å². The standard InChI is InChI=1S/C22H17N3O4/c1-29-16-9-7-14(8-10-16)20(26)18-19(15-5-4-11-23-13-15)25(22(28)21(18)27)17-6-2-3-12-24-17/h2-13,19,26H,1H3/t19-/m1/s1. The van der Waals surface area contributed by atoms with Crippen LogP contribution in [0.1, 0.15) is 17.2 Å². The average Bonchev–Trinajstić information content (AvgIpc) is 3.05. The molecule has 1 aliphatic heterocycles. The number of nitrogens with zero attached hydrogens (tertiary/aromatic N) is 3. The van der Waals surface area contributed by atoms with Crippen LogP contribution in [-0.2, 0) is 9.59 Å². The number of anilines is 1. The Morgan fingerprint density at radius 2 is 1.83 bits per heavy atom. The van der Waals surface area contributed by atoms with Crippen molar-refractivity contribution in [3.63, 3.8) is 0 Å². The molecule has 4 rings (SSSR count). The highest BCUT2D eigenvalue weighted by atomic mass is 16.5. The predicted molar refractivity (Wildman–Crippen MR) is 106 cm³/mol. The summed E-state index contributed by atoms with van der Waals surface area (Å²) in [6.07, 6.45) is 4.70. The summed E-state index contributed by atoms with van der Waals surface area (Å²) in [5.74, 6) is -0.875. The molecule has 0 saturated carbocycles. The number of aliphatic hydroxyl groups is 1. The molecule has 2 aromatic heterocycles. The Labute approximate surface area is 166 Å². The third-order valence-corrected chi connectivity index (χ3v) is 4.70. The van der Waals surface area contributed by atoms with E-state index in [9.17, 15) is 14.7 Å². The zero-order valence-electron chi connectivity index (χ0n) is 15.5. The molecule has 7 nitrogen and oxygen atoms in total. The lowest BCUT2D eigenvalue weighted by atomic mass is 9.96. The molecule has 3 aromatic rings. The Morgan fingerprint density at radius 1 is 1.03 bits per heavy atom. The number of methoxy groups -OCH3 is 1. The molecule has 0 unspecified atom stereocenters. The van der Waals surface area contributed by atoms with Crippen LogP contribution in [0.15, 0.2) is 78.8 Å². The summed E-state index contributed by atoms with van der Waals surface area (Å²) >= 11 is 0. The van der Waals surface area contributed by atoms with E-state index in [-0.39, 0.29) is 11.3 Å². The lowest BCUT2D eigenvalue weighted by Crippen LogP contribution is -2.30. The van der Waals surface area contributed by atoms with Gasteiger partial charge in [0.15, 0.2) is 0 Å². The Kier molecular flexibility index (Phi) is 4.78. The van der Waals surface area contributed by atoms with Gasteiger partial charge < -0.3 is 9.84 Å². The number of hydrogen-bond donors (Lipinski definition) is 1. The largest absolute Gasteiger partial charge is 0.507 e. The number of rotatable bonds is 4. The van der Waals surface area contributed by atoms with E-state index in [2.05, 4.69) is 9.97 Å². The Hall–Kier alpha value is -4.00. The van der Waals surface area contributed by atoms with Gasteiger partial charge in [0.1, 0.15) is 17.3 Å². The van der Waals surface area contributed by atoms with Gasteiger partial charge in [-0.15, -0.1) is 0 Å². The van der Waals surface area contributed by atoms with Gasteiger partial charge in [-0.1, -0.05) is 12.1 Å². The molecule has 144 valence electrons. The maximum absolute atomic E-state index is 12.9. The van der Waals surface area contributed by atoms with Crippen LogP contribution in [0.5, 0.6) is 5.75 Å². The van der Waals surface area contributed by atoms with Crippen molar-refractivity contribution < 1.29 is 19.4 Å². The summed E-state index contributed by atoms with van der Waals surface area (Å²) in [6, 6.07) is 14.3. The van der Waals surface area contributed by atoms with Gasteiger partial charge in [-0.05, 0) is 48.0 Å². The van der Waals surface area contributed by atoms with E-state index in [0.717, 1.165) is 0 Å². The molecule has 1 aromatic carbocycles. The molecule has 29 heavy (non-hydrogen) atoms. The van der Waals surface area contributed by atoms with E-state index in [0.29, 0.717) is 22.7 Å². The van der Waals surface area contributed by atoms with Crippen LogP contribution in [0.4, 0.5) is 5.82 Å². The molecule has 3 heterocycles. The van der Waals surface area contributed by atoms with Crippen molar-refractivity contribution in [2.24, 2.45) is 0 Å². The highest BCUT2D eigenvalue weighted by Gasteiger charge is 2.47. The maximum atomic E-state index is 12.9. The summed E-state index contributed by atoms with van der Waals surface area (Å²) < 4.78 is 5.13. The van der Waals surface area contributed by atoms with Crippen LogP contribution < -0.4 is 9.64 Å². The van der Waals surface area contributed by atoms with Gasteiger partial charge in [-0.2, -0.15) is 0 Å². The molecule has 1 aliphatic rings. The van der Waals surface area contributed by atoms with Crippen molar-refractivity contribution in [2.75, 3.05) is 12.0 Å². The molecule has 7 heteroatoms. The first kappa shape index (κ1) is 18.4. The number of aromatic nitrogens is 2. The molecule has 0 spiro atoms. The van der Waals surface area contributed by atoms with Gasteiger partial charge >= 0.3 is 5.91 Å². The van der Waals surface area contributed by atoms with Crippen LogP contribution in [0, 0.1) is 0 Å². The zero-order chi connectivity index (χ0) is 20.4. The van der Waals surface area contributed by atoms with Gasteiger partial charge in [0.2, 0.25) is 0 Å². The fourth-order valence-corrected chi connectivity index (χ4v) is 3.32. The summed E-state index contributed by atoms with van der Waals surface area (Å²) in [5.41, 5.74) is 0.977. The fraction of sp³-hybridized carbons (Fsp3) is 0.0909. The number of carbonyl (C=O) groups excluding carboxylic acids is 2. The summed E-state index contributed by atoms with van der Waals surface area (Å²) in [7, 11) is 1.54. The smallest absolute Gasteiger partial charge is 0.301 e. The van der Waals surface area contributed by atoms with Crippen molar-refractivity contribution in [1.29, 1.82) is 0 Å². The van der Waals surface area contributed by atoms with Crippen LogP contribution in [0.3, 0.4) is 0 Å². The van der Waals surface area contributed by atoms with Crippen molar-refractivity contribution >= 4 is 23.3 Å². The molecular formula is C22H17N3O4. The first-order valence-electron chi connectivity index (χ1n) is 8.88. The van der Waals surface area contributed by atoms with Gasteiger partial charge in [0, 0.05) is 24.2 Å². The number of aliphatic hydroxyl groups excluding tert-OH is 1. The number of amides is 1. The third kappa shape index (κ3) is 3.23. The molecule has 1 saturated heterocycles. The van der Waals surface area contributed by atoms with E-state index in [1.54, 1.807) is 73.2 Å². The van der Waals surface area contributed by atoms with E-state index in [4.69, 9.17) is 4.74 Å². The molecular weight excluding hydrogens is 370 g/mol. The minimum absolute atomic E-state index is 0.0150. The SMILES string of the molecule is COc1ccc(C(O)=C2C(=O)C(=O)N(c3ccccn3)[C@@H]2c2cccnc2)cc1. The Bertz CT molecular complexity index is 1080. The van der Waals surface area contributed by atoms with E-state index < -0.39 is 17.7 Å². The second kappa shape index (κ2) is 7.55. The van der Waals surface area contributed by atoms with Crippen LogP contribution >= 0.6 is 0 Å². The van der Waals surface area contributed by atoms with Crippen LogP contribution in [-0.4, -0.2) is 33.9 Å². The normalized spacial score (nSPS) is 18.1. The molecule has 1 atom stereocenters. The van der Waals surface area contributed by atoms with Crippen molar-refractivity contribution in [3.05, 3.63) is 89.9 Å². The average molecular weight is 387 g/mol. The minimum Gasteiger partial charge on any atom is -0.507 e. The number of pyridine rings is 2. The second-order valence-electron chi connectivity index (χ2n) is 6.37. The van der Waals surface area contributed by atoms with Gasteiger partial charge in [-0.25, -0.2) is 4.98 Å². The quantitative estimate of drug-likeness (QED) is 0.420. The van der Waals surface area contributed by atoms with E-state index in [1.165, 1.54) is 12.0 Å². The molecule has 0 bridgehead atoms. The van der Waals surface area contributed by atoms with E-state index in [1.807, 2.05) is 0 Å². The monoisotopic (exact) mass is 387 g/mol. The summed E-state index contributed by atoms with van der Waals surface area (Å²) in [4.78, 5) is 35.4. The topological polar surface area (TPSA) is 92.6 Å². The lowest BCUT2D eigenvalue weighted by molar-refractivity contribution is -0.132. The maximum Gasteiger partial charge on any atom is 0.301 e. The predicted octanol–water partition coefficient (Wildman–Crippen LogP) is 3.11. The van der Waals surface area contributed by atoms with Crippen molar-refractivity contribution in [3.8, 4) is 5.75 Å². The van der Waals surface area contributed by atoms with Crippen LogP contribution in [0.2, 0.25) is 0 Å². The summed E-state index contributed by atoms with van der Waals surface area (Å²) in [5, 5.41) is 11.0. The van der Waals surface area contributed by atoms with Crippen molar-refractivity contribution in [2.45, 2.75) is 6.04 Å². The van der Waals surface area contributed by atoms with Gasteiger partial charge in [-0.3, -0.25) is 19.5 Å². The summed E-state index contributed by atoms with van der Waals surface area (Å²) in [6.45, 7) is 0. The van der Waals surface area contributed by atoms with Crippen molar-refractivity contribution in [1.82, 2.24) is 9.97 Å². The first-order valence-corrected chi connectivity index (χ1v) is 8.88. The third-order valence-electron chi connectivity index (χ3n) is 4.70. The lowest BCUT2D eigenvalue weighted by Gasteiger charge is -2.24. The van der Waals surface area contributed by atoms with Crippen LogP contribution in [0.25, 0.3) is 5.76 Å². The Balaban J connectivity index is 1.91. The van der Waals surface area contributed by atoms with E-state index >= 15 is 0 Å². The minimum atomic E-state index is -0.847. The second-order valence-corrected chi connectivity index (χ2v) is 6.37. The zero-order valence-corrected chi connectivity index (χ0v) is 15.5. The molecule has 1 amide bonds. The fourth-order valence-electron chi connectivity index (χ4n) is 3.32. The highest BCUT2D eigenvalue weighted by molar-refractivity contribution is 6.51. The highest BCUT2D eigenvalue weighted by Crippen LogP contribution is 2.41.